The lowest BCUT2D eigenvalue weighted by molar-refractivity contribution is -0.116. The van der Waals surface area contributed by atoms with Crippen molar-refractivity contribution >= 4 is 43.9 Å². The Morgan fingerprint density at radius 2 is 1.61 bits per heavy atom. The quantitative estimate of drug-likeness (QED) is 0.377. The molecule has 0 saturated heterocycles. The molecule has 4 rings (SSSR count). The molecule has 7 heteroatoms. The van der Waals surface area contributed by atoms with Crippen molar-refractivity contribution in [2.24, 2.45) is 0 Å². The number of sulfone groups is 1. The number of para-hydroxylation sites is 1. The number of anilines is 1. The summed E-state index contributed by atoms with van der Waals surface area (Å²) in [5.41, 5.74) is 5.12. The highest BCUT2D eigenvalue weighted by Crippen LogP contribution is 2.30. The number of hydrogen-bond acceptors (Lipinski definition) is 3. The molecule has 0 aliphatic heterocycles. The van der Waals surface area contributed by atoms with E-state index in [1.165, 1.54) is 0 Å². The normalized spacial score (nSPS) is 11.6. The van der Waals surface area contributed by atoms with E-state index in [4.69, 9.17) is 11.6 Å². The SMILES string of the molecule is Cc1cc(C)c(NC(=O)Cn2cc(S(=O)(=O)Cc3ccccc3Cl)c3ccccc32)c(C)c1. The van der Waals surface area contributed by atoms with E-state index in [-0.39, 0.29) is 23.1 Å². The molecule has 0 fully saturated rings. The Morgan fingerprint density at radius 1 is 0.970 bits per heavy atom. The molecule has 3 aromatic carbocycles. The fraction of sp³-hybridized carbons (Fsp3) is 0.192. The molecule has 0 saturated carbocycles. The first-order chi connectivity index (χ1) is 15.7. The third-order valence-corrected chi connectivity index (χ3v) is 7.70. The Morgan fingerprint density at radius 3 is 2.30 bits per heavy atom. The molecule has 33 heavy (non-hydrogen) atoms. The van der Waals surface area contributed by atoms with E-state index >= 15 is 0 Å². The first-order valence-corrected chi connectivity index (χ1v) is 12.6. The largest absolute Gasteiger partial charge is 0.337 e. The van der Waals surface area contributed by atoms with Crippen molar-refractivity contribution in [3.05, 3.63) is 94.1 Å². The van der Waals surface area contributed by atoms with Gasteiger partial charge in [-0.2, -0.15) is 0 Å². The van der Waals surface area contributed by atoms with Crippen LogP contribution in [0.2, 0.25) is 5.02 Å². The summed E-state index contributed by atoms with van der Waals surface area (Å²) >= 11 is 6.20. The van der Waals surface area contributed by atoms with E-state index in [2.05, 4.69) is 5.32 Å². The summed E-state index contributed by atoms with van der Waals surface area (Å²) in [4.78, 5) is 13.1. The second kappa shape index (κ2) is 9.04. The minimum Gasteiger partial charge on any atom is -0.337 e. The summed E-state index contributed by atoms with van der Waals surface area (Å²) in [6, 6.07) is 18.2. The second-order valence-electron chi connectivity index (χ2n) is 8.31. The summed E-state index contributed by atoms with van der Waals surface area (Å²) in [5.74, 6) is -0.435. The summed E-state index contributed by atoms with van der Waals surface area (Å²) in [6.07, 6.45) is 1.55. The van der Waals surface area contributed by atoms with Crippen LogP contribution in [-0.4, -0.2) is 18.9 Å². The Hall–Kier alpha value is -3.09. The van der Waals surface area contributed by atoms with Crippen molar-refractivity contribution in [2.75, 3.05) is 5.32 Å². The van der Waals surface area contributed by atoms with Gasteiger partial charge in [0.1, 0.15) is 6.54 Å². The summed E-state index contributed by atoms with van der Waals surface area (Å²) < 4.78 is 28.3. The predicted molar refractivity (Wildman–Crippen MR) is 134 cm³/mol. The number of aryl methyl sites for hydroxylation is 3. The first-order valence-electron chi connectivity index (χ1n) is 10.6. The van der Waals surface area contributed by atoms with E-state index < -0.39 is 9.84 Å². The Kier molecular flexibility index (Phi) is 6.32. The van der Waals surface area contributed by atoms with Gasteiger partial charge in [-0.1, -0.05) is 65.7 Å². The average molecular weight is 481 g/mol. The van der Waals surface area contributed by atoms with Gasteiger partial charge in [0.15, 0.2) is 9.84 Å². The number of amides is 1. The van der Waals surface area contributed by atoms with E-state index in [9.17, 15) is 13.2 Å². The fourth-order valence-electron chi connectivity index (χ4n) is 4.20. The van der Waals surface area contributed by atoms with Crippen LogP contribution in [0.4, 0.5) is 5.69 Å². The number of rotatable bonds is 6. The van der Waals surface area contributed by atoms with Crippen LogP contribution in [-0.2, 0) is 26.9 Å². The van der Waals surface area contributed by atoms with Crippen molar-refractivity contribution in [2.45, 2.75) is 38.0 Å². The summed E-state index contributed by atoms with van der Waals surface area (Å²) in [5, 5.41) is 3.98. The molecule has 4 aromatic rings. The van der Waals surface area contributed by atoms with Crippen molar-refractivity contribution in [3.63, 3.8) is 0 Å². The molecular weight excluding hydrogens is 456 g/mol. The van der Waals surface area contributed by atoms with Gasteiger partial charge < -0.3 is 9.88 Å². The molecule has 0 aliphatic carbocycles. The van der Waals surface area contributed by atoms with E-state index in [0.717, 1.165) is 22.4 Å². The lowest BCUT2D eigenvalue weighted by atomic mass is 10.1. The highest BCUT2D eigenvalue weighted by atomic mass is 35.5. The van der Waals surface area contributed by atoms with Gasteiger partial charge in [0.05, 0.1) is 10.6 Å². The standard InChI is InChI=1S/C26H25ClN2O3S/c1-17-12-18(2)26(19(3)13-17)28-25(30)15-29-14-24(21-9-5-7-11-23(21)29)33(31,32)16-20-8-4-6-10-22(20)27/h4-14H,15-16H2,1-3H3,(H,28,30). The molecule has 1 amide bonds. The predicted octanol–water partition coefficient (Wildman–Crippen LogP) is 5.83. The van der Waals surface area contributed by atoms with Crippen LogP contribution < -0.4 is 5.32 Å². The number of halogens is 1. The lowest BCUT2D eigenvalue weighted by Gasteiger charge is -2.13. The maximum Gasteiger partial charge on any atom is 0.244 e. The monoisotopic (exact) mass is 480 g/mol. The maximum atomic E-state index is 13.3. The van der Waals surface area contributed by atoms with Crippen molar-refractivity contribution in [1.29, 1.82) is 0 Å². The number of nitrogens with zero attached hydrogens (tertiary/aromatic N) is 1. The van der Waals surface area contributed by atoms with Gasteiger partial charge in [0.2, 0.25) is 5.91 Å². The van der Waals surface area contributed by atoms with Crippen molar-refractivity contribution in [1.82, 2.24) is 4.57 Å². The third kappa shape index (κ3) is 4.82. The van der Waals surface area contributed by atoms with Gasteiger partial charge >= 0.3 is 0 Å². The Balaban J connectivity index is 1.66. The van der Waals surface area contributed by atoms with Crippen LogP contribution in [0.3, 0.4) is 0 Å². The summed E-state index contributed by atoms with van der Waals surface area (Å²) in [6.45, 7) is 5.93. The lowest BCUT2D eigenvalue weighted by Crippen LogP contribution is -2.19. The highest BCUT2D eigenvalue weighted by molar-refractivity contribution is 7.90. The van der Waals surface area contributed by atoms with Crippen LogP contribution in [0.15, 0.2) is 71.8 Å². The van der Waals surface area contributed by atoms with Crippen LogP contribution in [0, 0.1) is 20.8 Å². The number of carbonyl (C=O) groups excluding carboxylic acids is 1. The molecule has 0 bridgehead atoms. The average Bonchev–Trinajstić information content (AvgIpc) is 3.12. The van der Waals surface area contributed by atoms with Gasteiger partial charge in [-0.15, -0.1) is 0 Å². The molecule has 0 spiro atoms. The maximum absolute atomic E-state index is 13.3. The number of benzene rings is 3. The molecule has 0 unspecified atom stereocenters. The second-order valence-corrected chi connectivity index (χ2v) is 10.7. The number of carbonyl (C=O) groups is 1. The van der Waals surface area contributed by atoms with Crippen LogP contribution in [0.25, 0.3) is 10.9 Å². The number of fused-ring (bicyclic) bond motifs is 1. The topological polar surface area (TPSA) is 68.2 Å². The molecule has 1 heterocycles. The number of aromatic nitrogens is 1. The highest BCUT2D eigenvalue weighted by Gasteiger charge is 2.23. The van der Waals surface area contributed by atoms with Crippen molar-refractivity contribution in [3.8, 4) is 0 Å². The molecule has 1 aromatic heterocycles. The zero-order valence-corrected chi connectivity index (χ0v) is 20.3. The Labute approximate surface area is 198 Å². The molecule has 0 radical (unpaired) electrons. The minimum absolute atomic E-state index is 0.00508. The van der Waals surface area contributed by atoms with E-state index in [0.29, 0.717) is 21.5 Å². The fourth-order valence-corrected chi connectivity index (χ4v) is 6.09. The molecular formula is C26H25ClN2O3S. The van der Waals surface area contributed by atoms with Gasteiger partial charge in [0.25, 0.3) is 0 Å². The van der Waals surface area contributed by atoms with Crippen LogP contribution >= 0.6 is 11.6 Å². The molecule has 0 atom stereocenters. The third-order valence-electron chi connectivity index (χ3n) is 5.65. The zero-order valence-electron chi connectivity index (χ0n) is 18.7. The van der Waals surface area contributed by atoms with Crippen LogP contribution in [0.5, 0.6) is 0 Å². The summed E-state index contributed by atoms with van der Waals surface area (Å²) in [7, 11) is -3.69. The molecule has 0 aliphatic rings. The smallest absolute Gasteiger partial charge is 0.244 e. The van der Waals surface area contributed by atoms with Gasteiger partial charge in [-0.25, -0.2) is 8.42 Å². The minimum atomic E-state index is -3.69. The number of nitrogens with one attached hydrogen (secondary N) is 1. The molecule has 5 nitrogen and oxygen atoms in total. The number of hydrogen-bond donors (Lipinski definition) is 1. The van der Waals surface area contributed by atoms with Crippen molar-refractivity contribution < 1.29 is 13.2 Å². The zero-order chi connectivity index (χ0) is 23.8. The van der Waals surface area contributed by atoms with Gasteiger partial charge in [0, 0.05) is 27.8 Å². The van der Waals surface area contributed by atoms with Gasteiger partial charge in [-0.05, 0) is 49.6 Å². The molecule has 170 valence electrons. The van der Waals surface area contributed by atoms with E-state index in [1.807, 2.05) is 45.0 Å². The Bertz CT molecular complexity index is 1450. The van der Waals surface area contributed by atoms with Crippen LogP contribution in [0.1, 0.15) is 22.3 Å². The van der Waals surface area contributed by atoms with E-state index in [1.54, 1.807) is 47.2 Å². The van der Waals surface area contributed by atoms with Gasteiger partial charge in [-0.3, -0.25) is 4.79 Å². The first kappa shape index (κ1) is 23.1. The molecule has 1 N–H and O–H groups in total.